The normalized spacial score (nSPS) is 26.4. The molecular formula is C52H63N5O10. The van der Waals surface area contributed by atoms with E-state index >= 15 is 0 Å². The molecule has 6 saturated carbocycles. The van der Waals surface area contributed by atoms with Gasteiger partial charge in [-0.2, -0.15) is 0 Å². The number of hydrogen-bond donors (Lipinski definition) is 5. The minimum Gasteiger partial charge on any atom is -0.507 e. The summed E-state index contributed by atoms with van der Waals surface area (Å²) in [5.41, 5.74) is 0.0189. The molecule has 0 radical (unpaired) electrons. The summed E-state index contributed by atoms with van der Waals surface area (Å²) in [5, 5.41) is 33.1. The molecule has 0 aromatic heterocycles. The number of ether oxygens (including phenoxy) is 2. The van der Waals surface area contributed by atoms with Gasteiger partial charge >= 0.3 is 11.9 Å². The van der Waals surface area contributed by atoms with Gasteiger partial charge in [-0.1, -0.05) is 60.7 Å². The van der Waals surface area contributed by atoms with Gasteiger partial charge in [0.25, 0.3) is 0 Å². The van der Waals surface area contributed by atoms with Gasteiger partial charge in [-0.25, -0.2) is 9.59 Å². The number of phenolic OH excluding ortho intramolecular Hbond substituents is 2. The van der Waals surface area contributed by atoms with Crippen LogP contribution in [-0.4, -0.2) is 122 Å². The van der Waals surface area contributed by atoms with Gasteiger partial charge in [0.1, 0.15) is 34.8 Å². The van der Waals surface area contributed by atoms with E-state index in [1.165, 1.54) is 12.1 Å². The molecule has 10 rings (SSSR count). The van der Waals surface area contributed by atoms with Crippen LogP contribution in [0.1, 0.15) is 72.1 Å². The molecule has 10 unspecified atom stereocenters. The lowest BCUT2D eigenvalue weighted by atomic mass is 9.56. The van der Waals surface area contributed by atoms with Crippen molar-refractivity contribution in [1.82, 2.24) is 25.8 Å². The van der Waals surface area contributed by atoms with Crippen LogP contribution in [0.15, 0.2) is 72.8 Å². The smallest absolute Gasteiger partial charge is 0.342 e. The predicted molar refractivity (Wildman–Crippen MR) is 251 cm³/mol. The summed E-state index contributed by atoms with van der Waals surface area (Å²) in [7, 11) is 7.77. The van der Waals surface area contributed by atoms with Crippen LogP contribution < -0.4 is 16.0 Å². The lowest BCUT2D eigenvalue weighted by molar-refractivity contribution is -0.162. The molecule has 0 aliphatic heterocycles. The molecule has 10 atom stereocenters. The molecule has 15 nitrogen and oxygen atoms in total. The van der Waals surface area contributed by atoms with E-state index in [1.807, 2.05) is 62.3 Å². The molecule has 0 spiro atoms. The van der Waals surface area contributed by atoms with Crippen LogP contribution in [0.5, 0.6) is 11.5 Å². The Hall–Kier alpha value is -6.06. The van der Waals surface area contributed by atoms with Crippen LogP contribution in [0, 0.1) is 47.3 Å². The third kappa shape index (κ3) is 9.99. The third-order valence-electron chi connectivity index (χ3n) is 14.8. The number of carbonyl (C=O) groups is 6. The average molecular weight is 918 g/mol. The van der Waals surface area contributed by atoms with Crippen LogP contribution in [0.4, 0.5) is 0 Å². The number of phenols is 2. The Morgan fingerprint density at radius 2 is 0.940 bits per heavy atom. The van der Waals surface area contributed by atoms with Crippen molar-refractivity contribution in [3.63, 3.8) is 0 Å². The van der Waals surface area contributed by atoms with Crippen molar-refractivity contribution in [3.8, 4) is 11.5 Å². The number of benzene rings is 4. The van der Waals surface area contributed by atoms with E-state index in [2.05, 4.69) is 16.0 Å². The minimum absolute atomic E-state index is 0.00946. The summed E-state index contributed by atoms with van der Waals surface area (Å²) < 4.78 is 12.4. The van der Waals surface area contributed by atoms with E-state index < -0.39 is 71.5 Å². The number of nitrogens with one attached hydrogen (secondary N) is 3. The van der Waals surface area contributed by atoms with Crippen LogP contribution >= 0.6 is 0 Å². The highest BCUT2D eigenvalue weighted by atomic mass is 16.5. The molecule has 4 aromatic carbocycles. The molecule has 5 N–H and O–H groups in total. The second-order valence-corrected chi connectivity index (χ2v) is 19.6. The monoisotopic (exact) mass is 917 g/mol. The third-order valence-corrected chi connectivity index (χ3v) is 14.8. The molecule has 6 aliphatic rings. The van der Waals surface area contributed by atoms with Crippen LogP contribution in [0.3, 0.4) is 0 Å². The topological polar surface area (TPSA) is 204 Å². The number of imide groups is 1. The maximum Gasteiger partial charge on any atom is 0.342 e. The molecule has 0 heterocycles. The van der Waals surface area contributed by atoms with Crippen molar-refractivity contribution in [2.75, 3.05) is 54.4 Å². The van der Waals surface area contributed by atoms with Crippen LogP contribution in [-0.2, 0) is 28.7 Å². The number of amides is 4. The summed E-state index contributed by atoms with van der Waals surface area (Å²) in [5.74, 6) is -9.76. The van der Waals surface area contributed by atoms with Gasteiger partial charge in [0, 0.05) is 24.9 Å². The number of nitrogens with zero attached hydrogens (tertiary/aromatic N) is 2. The maximum absolute atomic E-state index is 15.0. The van der Waals surface area contributed by atoms with Crippen molar-refractivity contribution in [1.29, 1.82) is 0 Å². The highest BCUT2D eigenvalue weighted by Gasteiger charge is 2.58. The highest BCUT2D eigenvalue weighted by Crippen LogP contribution is 2.53. The van der Waals surface area contributed by atoms with E-state index in [4.69, 9.17) is 9.47 Å². The summed E-state index contributed by atoms with van der Waals surface area (Å²) >= 11 is 0. The molecule has 6 fully saturated rings. The van der Waals surface area contributed by atoms with E-state index in [9.17, 15) is 39.0 Å². The summed E-state index contributed by atoms with van der Waals surface area (Å²) in [4.78, 5) is 90.3. The number of hydrogen-bond acceptors (Lipinski definition) is 12. The van der Waals surface area contributed by atoms with E-state index in [1.54, 1.807) is 36.4 Å². The van der Waals surface area contributed by atoms with Crippen molar-refractivity contribution in [3.05, 3.63) is 83.9 Å². The molecule has 356 valence electrons. The van der Waals surface area contributed by atoms with Gasteiger partial charge in [-0.15, -0.1) is 0 Å². The molecule has 0 saturated heterocycles. The number of carbonyl (C=O) groups excluding carboxylic acids is 6. The van der Waals surface area contributed by atoms with Gasteiger partial charge in [-0.05, 0) is 138 Å². The van der Waals surface area contributed by atoms with Crippen molar-refractivity contribution in [2.24, 2.45) is 47.3 Å². The second-order valence-electron chi connectivity index (χ2n) is 19.6. The first kappa shape index (κ1) is 47.4. The zero-order valence-corrected chi connectivity index (χ0v) is 38.7. The Morgan fingerprint density at radius 1 is 0.537 bits per heavy atom. The Bertz CT molecular complexity index is 2360. The zero-order chi connectivity index (χ0) is 47.5. The fourth-order valence-corrected chi connectivity index (χ4v) is 11.8. The number of rotatable bonds is 16. The number of aromatic hydroxyl groups is 2. The number of fused-ring (bicyclic) bond motifs is 8. The predicted octanol–water partition coefficient (Wildman–Crippen LogP) is 5.26. The first-order valence-electron chi connectivity index (χ1n) is 23.7. The Kier molecular flexibility index (Phi) is 14.5. The van der Waals surface area contributed by atoms with Gasteiger partial charge in [-0.3, -0.25) is 24.5 Å². The fraction of sp³-hybridized carbons (Fsp3) is 0.500. The van der Waals surface area contributed by atoms with E-state index in [0.29, 0.717) is 75.2 Å². The molecule has 4 amide bonds. The SMILES string of the molecule is CN(C)CCCNC(=O)C1C2CCC(C(OC(=O)c3c(O)ccc4ccccc34)C2)C1C(=O)NC(=O)C1C2CCC(CC2OC(=O)c2c(O)ccc3ccccc23)C1C(=O)NCCCN(C)C. The summed E-state index contributed by atoms with van der Waals surface area (Å²) in [6, 6.07) is 20.6. The average Bonchev–Trinajstić information content (AvgIpc) is 3.31. The second kappa shape index (κ2) is 20.4. The van der Waals surface area contributed by atoms with Crippen molar-refractivity contribution >= 4 is 57.1 Å². The fourth-order valence-electron chi connectivity index (χ4n) is 11.8. The maximum atomic E-state index is 15.0. The van der Waals surface area contributed by atoms with E-state index in [0.717, 1.165) is 23.9 Å². The highest BCUT2D eigenvalue weighted by molar-refractivity contribution is 6.08. The first-order valence-corrected chi connectivity index (χ1v) is 23.7. The first-order chi connectivity index (χ1) is 32.2. The zero-order valence-electron chi connectivity index (χ0n) is 38.7. The molecule has 67 heavy (non-hydrogen) atoms. The molecule has 6 aliphatic carbocycles. The molecule has 4 bridgehead atoms. The summed E-state index contributed by atoms with van der Waals surface area (Å²) in [6.07, 6.45) is 2.51. The van der Waals surface area contributed by atoms with E-state index in [-0.39, 0.29) is 46.3 Å². The van der Waals surface area contributed by atoms with Crippen LogP contribution in [0.25, 0.3) is 21.5 Å². The number of esters is 2. The molecule has 4 aromatic rings. The van der Waals surface area contributed by atoms with Gasteiger partial charge in [0.2, 0.25) is 23.6 Å². The van der Waals surface area contributed by atoms with Gasteiger partial charge in [0.05, 0.1) is 23.7 Å². The minimum atomic E-state index is -1.06. The van der Waals surface area contributed by atoms with Crippen molar-refractivity contribution < 1.29 is 48.5 Å². The Morgan fingerprint density at radius 3 is 1.34 bits per heavy atom. The summed E-state index contributed by atoms with van der Waals surface area (Å²) in [6.45, 7) is 2.23. The lowest BCUT2D eigenvalue weighted by Crippen LogP contribution is -2.61. The van der Waals surface area contributed by atoms with Crippen molar-refractivity contribution in [2.45, 2.75) is 63.6 Å². The molecule has 15 heteroatoms. The Labute approximate surface area is 390 Å². The Balaban J connectivity index is 1.07. The standard InChI is InChI=1S/C52H63N5O10/c1-56(2)25-9-23-53-47(60)41-31-15-19-35(39(27-31)66-51(64)43-33-13-7-5-11-29(33)17-21-37(43)58)45(41)49(62)55-50(63)46-36-20-16-32(42(46)48(61)54-24-10-26-57(3)4)28-40(36)67-52(65)44-34-14-8-6-12-30(34)18-22-38(44)59/h5-8,11-14,17-18,21-22,31-32,35-36,39-42,45-46,58-59H,9-10,15-16,19-20,23-28H2,1-4H3,(H,53,60)(H,54,61)(H,55,62,63). The van der Waals surface area contributed by atoms with Gasteiger partial charge < -0.3 is 40.1 Å². The van der Waals surface area contributed by atoms with Gasteiger partial charge in [0.15, 0.2) is 0 Å². The quantitative estimate of drug-likeness (QED) is 0.0556. The largest absolute Gasteiger partial charge is 0.507 e. The lowest BCUT2D eigenvalue weighted by Gasteiger charge is -2.51. The molecular weight excluding hydrogens is 855 g/mol. The van der Waals surface area contributed by atoms with Crippen LogP contribution in [0.2, 0.25) is 0 Å².